The molecule has 0 unspecified atom stereocenters. The molecule has 104 valence electrons. The van der Waals surface area contributed by atoms with Crippen LogP contribution in [0.5, 0.6) is 0 Å². The third-order valence-corrected chi connectivity index (χ3v) is 2.42. The zero-order valence-electron chi connectivity index (χ0n) is 11.3. The highest BCUT2D eigenvalue weighted by molar-refractivity contribution is 5.96. The van der Waals surface area contributed by atoms with Gasteiger partial charge in [-0.15, -0.1) is 0 Å². The molecule has 0 saturated carbocycles. The van der Waals surface area contributed by atoms with Gasteiger partial charge < -0.3 is 10.2 Å². The van der Waals surface area contributed by atoms with Crippen LogP contribution in [-0.4, -0.2) is 41.8 Å². The van der Waals surface area contributed by atoms with E-state index in [2.05, 4.69) is 10.3 Å². The van der Waals surface area contributed by atoms with Crippen molar-refractivity contribution in [3.63, 3.8) is 0 Å². The summed E-state index contributed by atoms with van der Waals surface area (Å²) in [6.07, 6.45) is 1.27. The zero-order valence-corrected chi connectivity index (χ0v) is 11.3. The number of carbonyl (C=O) groups excluding carboxylic acids is 2. The number of halogens is 1. The minimum absolute atomic E-state index is 0.111. The topological polar surface area (TPSA) is 62.3 Å². The van der Waals surface area contributed by atoms with Crippen LogP contribution >= 0.6 is 0 Å². The van der Waals surface area contributed by atoms with Gasteiger partial charge in [0.05, 0.1) is 12.1 Å². The molecule has 0 aliphatic rings. The van der Waals surface area contributed by atoms with Crippen LogP contribution in [0, 0.1) is 11.9 Å². The second kappa shape index (κ2) is 6.82. The van der Waals surface area contributed by atoms with E-state index in [-0.39, 0.29) is 18.0 Å². The number of nitrogens with zero attached hydrogens (tertiary/aromatic N) is 2. The minimum atomic E-state index is -0.832. The van der Waals surface area contributed by atoms with Crippen molar-refractivity contribution in [1.29, 1.82) is 0 Å². The average Bonchev–Trinajstić information content (AvgIpc) is 2.36. The van der Waals surface area contributed by atoms with E-state index in [0.717, 1.165) is 4.90 Å². The van der Waals surface area contributed by atoms with Gasteiger partial charge in [0.25, 0.3) is 5.91 Å². The lowest BCUT2D eigenvalue weighted by Gasteiger charge is -2.17. The second-order valence-electron chi connectivity index (χ2n) is 4.70. The van der Waals surface area contributed by atoms with E-state index in [9.17, 15) is 14.0 Å². The van der Waals surface area contributed by atoms with Gasteiger partial charge in [-0.25, -0.2) is 4.98 Å². The normalized spacial score (nSPS) is 10.4. The Morgan fingerprint density at radius 2 is 2.16 bits per heavy atom. The molecule has 1 aromatic rings. The summed E-state index contributed by atoms with van der Waals surface area (Å²) in [5.74, 6) is -1.33. The standard InChI is InChI=1S/C13H18FN3O2/c1-9(2)7-16-11(18)8-17(3)13(19)10-5-4-6-15-12(10)14/h4-6,9H,7-8H2,1-3H3,(H,16,18). The van der Waals surface area contributed by atoms with Gasteiger partial charge in [-0.2, -0.15) is 4.39 Å². The Morgan fingerprint density at radius 1 is 1.47 bits per heavy atom. The number of pyridine rings is 1. The molecule has 0 aliphatic carbocycles. The summed E-state index contributed by atoms with van der Waals surface area (Å²) in [6, 6.07) is 2.82. The van der Waals surface area contributed by atoms with Gasteiger partial charge in [-0.05, 0) is 18.1 Å². The van der Waals surface area contributed by atoms with Crippen molar-refractivity contribution in [3.05, 3.63) is 29.8 Å². The summed E-state index contributed by atoms with van der Waals surface area (Å²) in [5, 5.41) is 2.69. The van der Waals surface area contributed by atoms with Crippen LogP contribution < -0.4 is 5.32 Å². The van der Waals surface area contributed by atoms with E-state index >= 15 is 0 Å². The number of hydrogen-bond acceptors (Lipinski definition) is 3. The summed E-state index contributed by atoms with van der Waals surface area (Å²) in [4.78, 5) is 28.0. The van der Waals surface area contributed by atoms with Crippen LogP contribution in [0.3, 0.4) is 0 Å². The van der Waals surface area contributed by atoms with Crippen molar-refractivity contribution in [1.82, 2.24) is 15.2 Å². The Balaban J connectivity index is 2.58. The molecule has 1 aromatic heterocycles. The highest BCUT2D eigenvalue weighted by atomic mass is 19.1. The Labute approximate surface area is 111 Å². The third kappa shape index (κ3) is 4.65. The predicted octanol–water partition coefficient (Wildman–Crippen LogP) is 1.06. The first kappa shape index (κ1) is 15.1. The Kier molecular flexibility index (Phi) is 5.41. The van der Waals surface area contributed by atoms with Crippen LogP contribution in [0.4, 0.5) is 4.39 Å². The number of rotatable bonds is 5. The molecule has 0 saturated heterocycles. The first-order valence-corrected chi connectivity index (χ1v) is 6.04. The van der Waals surface area contributed by atoms with Crippen molar-refractivity contribution in [3.8, 4) is 0 Å². The maximum absolute atomic E-state index is 13.3. The van der Waals surface area contributed by atoms with Gasteiger partial charge in [0.1, 0.15) is 0 Å². The van der Waals surface area contributed by atoms with Crippen LogP contribution in [0.15, 0.2) is 18.3 Å². The van der Waals surface area contributed by atoms with Crippen molar-refractivity contribution in [2.75, 3.05) is 20.1 Å². The SMILES string of the molecule is CC(C)CNC(=O)CN(C)C(=O)c1cccnc1F. The fourth-order valence-electron chi connectivity index (χ4n) is 1.41. The van der Waals surface area contributed by atoms with Crippen LogP contribution in [-0.2, 0) is 4.79 Å². The molecule has 0 aromatic carbocycles. The maximum atomic E-state index is 13.3. The van der Waals surface area contributed by atoms with E-state index in [1.807, 2.05) is 13.8 Å². The molecule has 0 spiro atoms. The van der Waals surface area contributed by atoms with Gasteiger partial charge in [0.15, 0.2) is 0 Å². The first-order valence-electron chi connectivity index (χ1n) is 6.04. The van der Waals surface area contributed by atoms with E-state index < -0.39 is 11.9 Å². The molecule has 0 radical (unpaired) electrons. The molecule has 0 bridgehead atoms. The molecule has 1 N–H and O–H groups in total. The van der Waals surface area contributed by atoms with Gasteiger partial charge in [-0.3, -0.25) is 9.59 Å². The number of carbonyl (C=O) groups is 2. The molecule has 0 aliphatic heterocycles. The number of nitrogens with one attached hydrogen (secondary N) is 1. The largest absolute Gasteiger partial charge is 0.354 e. The Bertz CT molecular complexity index is 463. The minimum Gasteiger partial charge on any atom is -0.354 e. The molecule has 19 heavy (non-hydrogen) atoms. The van der Waals surface area contributed by atoms with E-state index in [1.165, 1.54) is 25.4 Å². The Morgan fingerprint density at radius 3 is 2.74 bits per heavy atom. The second-order valence-corrected chi connectivity index (χ2v) is 4.70. The summed E-state index contributed by atoms with van der Waals surface area (Å²) >= 11 is 0. The monoisotopic (exact) mass is 267 g/mol. The average molecular weight is 267 g/mol. The summed E-state index contributed by atoms with van der Waals surface area (Å²) < 4.78 is 13.3. The van der Waals surface area contributed by atoms with E-state index in [1.54, 1.807) is 0 Å². The van der Waals surface area contributed by atoms with Crippen LogP contribution in [0.25, 0.3) is 0 Å². The van der Waals surface area contributed by atoms with Gasteiger partial charge >= 0.3 is 0 Å². The fourth-order valence-corrected chi connectivity index (χ4v) is 1.41. The number of hydrogen-bond donors (Lipinski definition) is 1. The molecule has 1 heterocycles. The van der Waals surface area contributed by atoms with Gasteiger partial charge in [0, 0.05) is 19.8 Å². The number of amides is 2. The highest BCUT2D eigenvalue weighted by Crippen LogP contribution is 2.06. The van der Waals surface area contributed by atoms with Gasteiger partial charge in [0.2, 0.25) is 11.9 Å². The number of likely N-dealkylation sites (N-methyl/N-ethyl adjacent to an activating group) is 1. The van der Waals surface area contributed by atoms with Crippen LogP contribution in [0.1, 0.15) is 24.2 Å². The predicted molar refractivity (Wildman–Crippen MR) is 69.0 cm³/mol. The summed E-state index contributed by atoms with van der Waals surface area (Å²) in [7, 11) is 1.45. The molecular formula is C13H18FN3O2. The van der Waals surface area contributed by atoms with Crippen molar-refractivity contribution >= 4 is 11.8 Å². The summed E-state index contributed by atoms with van der Waals surface area (Å²) in [5.41, 5.74) is -0.137. The van der Waals surface area contributed by atoms with Crippen molar-refractivity contribution in [2.45, 2.75) is 13.8 Å². The lowest BCUT2D eigenvalue weighted by atomic mass is 10.2. The maximum Gasteiger partial charge on any atom is 0.258 e. The fraction of sp³-hybridized carbons (Fsp3) is 0.462. The lowest BCUT2D eigenvalue weighted by molar-refractivity contribution is -0.121. The molecule has 2 amide bonds. The van der Waals surface area contributed by atoms with E-state index in [0.29, 0.717) is 12.5 Å². The van der Waals surface area contributed by atoms with Crippen LogP contribution in [0.2, 0.25) is 0 Å². The quantitative estimate of drug-likeness (QED) is 0.812. The molecule has 1 rings (SSSR count). The molecule has 5 nitrogen and oxygen atoms in total. The molecule has 6 heteroatoms. The molecular weight excluding hydrogens is 249 g/mol. The lowest BCUT2D eigenvalue weighted by Crippen LogP contribution is -2.39. The summed E-state index contributed by atoms with van der Waals surface area (Å²) in [6.45, 7) is 4.38. The van der Waals surface area contributed by atoms with Crippen molar-refractivity contribution < 1.29 is 14.0 Å². The van der Waals surface area contributed by atoms with E-state index in [4.69, 9.17) is 0 Å². The zero-order chi connectivity index (χ0) is 14.4. The number of aromatic nitrogens is 1. The smallest absolute Gasteiger partial charge is 0.258 e. The Hall–Kier alpha value is -1.98. The van der Waals surface area contributed by atoms with Gasteiger partial charge in [-0.1, -0.05) is 13.8 Å². The highest BCUT2D eigenvalue weighted by Gasteiger charge is 2.18. The van der Waals surface area contributed by atoms with Crippen molar-refractivity contribution in [2.24, 2.45) is 5.92 Å². The molecule has 0 fully saturated rings. The molecule has 0 atom stereocenters. The third-order valence-electron chi connectivity index (χ3n) is 2.42. The first-order chi connectivity index (χ1) is 8.91.